The van der Waals surface area contributed by atoms with Crippen LogP contribution in [0.4, 0.5) is 5.82 Å². The number of fused-ring (bicyclic) bond motifs is 12. The number of phenolic OH excluding ortho intramolecular Hbond substituents is 2. The maximum absolute atomic E-state index is 12.9. The van der Waals surface area contributed by atoms with E-state index < -0.39 is 17.4 Å². The van der Waals surface area contributed by atoms with E-state index in [1.54, 1.807) is 13.2 Å². The Morgan fingerprint density at radius 2 is 1.83 bits per heavy atom. The fourth-order valence-electron chi connectivity index (χ4n) is 13.6. The molecule has 5 heterocycles. The minimum atomic E-state index is -0.647. The number of hydrogen-bond acceptors (Lipinski definition) is 12. The van der Waals surface area contributed by atoms with Gasteiger partial charge in [0.2, 0.25) is 0 Å². The van der Waals surface area contributed by atoms with Crippen molar-refractivity contribution in [3.8, 4) is 51.7 Å². The van der Waals surface area contributed by atoms with Gasteiger partial charge >= 0.3 is 5.97 Å². The number of methoxy groups -OCH3 is 1. The molecule has 9 atom stereocenters. The Labute approximate surface area is 424 Å². The van der Waals surface area contributed by atoms with Crippen LogP contribution in [0.1, 0.15) is 126 Å². The quantitative estimate of drug-likeness (QED) is 0.0730. The molecule has 4 aliphatic heterocycles. The molecule has 0 amide bonds. The SMILES string of the molecule is COc1cc(O)cc2c1-c1ccc3c4c1C1(CCC(C1)C(CCc1ccccc1)c1ccc(N)nc1C#CCc1cc(O)c5c(c1C(O4)C3COC(C)=O)C=CC1NC3CCCC(CSSCC1O5)C3)C2. The first kappa shape index (κ1) is 46.3. The van der Waals surface area contributed by atoms with E-state index in [2.05, 4.69) is 77.8 Å². The van der Waals surface area contributed by atoms with Gasteiger partial charge < -0.3 is 40.2 Å². The molecule has 5 aromatic rings. The summed E-state index contributed by atoms with van der Waals surface area (Å²) in [6.07, 6.45) is 13.7. The second-order valence-electron chi connectivity index (χ2n) is 21.0. The van der Waals surface area contributed by atoms with Gasteiger partial charge in [-0.1, -0.05) is 94.6 Å². The maximum atomic E-state index is 12.9. The number of nitrogens with one attached hydrogen (secondary N) is 1. The van der Waals surface area contributed by atoms with Gasteiger partial charge in [0.1, 0.15) is 47.6 Å². The molecule has 2 saturated carbocycles. The summed E-state index contributed by atoms with van der Waals surface area (Å²) in [5.74, 6) is 11.7. The molecule has 1 saturated heterocycles. The number of aromatic hydroxyl groups is 2. The van der Waals surface area contributed by atoms with Crippen LogP contribution in [-0.2, 0) is 34.2 Å². The number of phenols is 2. The van der Waals surface area contributed by atoms with Gasteiger partial charge in [0.25, 0.3) is 0 Å². The monoisotopic (exact) mass is 987 g/mol. The first-order chi connectivity index (χ1) is 34.6. The number of nitrogen functional groups attached to an aromatic ring is 1. The zero-order valence-electron chi connectivity index (χ0n) is 40.4. The minimum Gasteiger partial charge on any atom is -0.508 e. The molecule has 6 bridgehead atoms. The minimum absolute atomic E-state index is 0.0487. The Balaban J connectivity index is 1.08. The predicted molar refractivity (Wildman–Crippen MR) is 281 cm³/mol. The number of carbonyl (C=O) groups is 1. The number of aromatic nitrogens is 1. The number of aryl methyl sites for hydroxylation is 1. The number of anilines is 1. The Kier molecular flexibility index (Phi) is 12.4. The Morgan fingerprint density at radius 1 is 0.972 bits per heavy atom. The fourth-order valence-corrected chi connectivity index (χ4v) is 16.2. The number of rotatable bonds is 6. The third kappa shape index (κ3) is 8.59. The second kappa shape index (κ2) is 19.0. The van der Waals surface area contributed by atoms with Crippen LogP contribution in [0, 0.1) is 23.7 Å². The predicted octanol–water partition coefficient (Wildman–Crippen LogP) is 11.1. The summed E-state index contributed by atoms with van der Waals surface area (Å²) in [5, 5.41) is 27.5. The average Bonchev–Trinajstić information content (AvgIpc) is 3.89. The molecule has 12 rings (SSSR count). The number of nitrogens with zero attached hydrogens (tertiary/aromatic N) is 1. The molecule has 366 valence electrons. The molecule has 4 aromatic carbocycles. The molecule has 1 spiro atoms. The molecule has 9 unspecified atom stereocenters. The van der Waals surface area contributed by atoms with Gasteiger partial charge in [-0.15, -0.1) is 0 Å². The number of ether oxygens (including phenoxy) is 4. The van der Waals surface area contributed by atoms with Gasteiger partial charge in [0.15, 0.2) is 11.5 Å². The zero-order chi connectivity index (χ0) is 48.4. The highest BCUT2D eigenvalue weighted by molar-refractivity contribution is 8.76. The summed E-state index contributed by atoms with van der Waals surface area (Å²) in [5.41, 5.74) is 16.7. The van der Waals surface area contributed by atoms with Crippen LogP contribution in [0.5, 0.6) is 28.7 Å². The van der Waals surface area contributed by atoms with Crippen molar-refractivity contribution in [1.82, 2.24) is 10.3 Å². The average molecular weight is 988 g/mol. The van der Waals surface area contributed by atoms with Crippen LogP contribution in [0.25, 0.3) is 17.2 Å². The number of pyridine rings is 1. The van der Waals surface area contributed by atoms with Gasteiger partial charge in [-0.2, -0.15) is 0 Å². The number of benzene rings is 4. The molecule has 7 aliphatic rings. The van der Waals surface area contributed by atoms with Crippen molar-refractivity contribution in [1.29, 1.82) is 0 Å². The number of hydrogen-bond donors (Lipinski definition) is 4. The molecule has 5 N–H and O–H groups in total. The van der Waals surface area contributed by atoms with Crippen molar-refractivity contribution in [3.05, 3.63) is 129 Å². The topological polar surface area (TPSA) is 145 Å². The van der Waals surface area contributed by atoms with Gasteiger partial charge in [-0.05, 0) is 127 Å². The van der Waals surface area contributed by atoms with E-state index in [9.17, 15) is 15.0 Å². The molecule has 3 fully saturated rings. The smallest absolute Gasteiger partial charge is 0.302 e. The van der Waals surface area contributed by atoms with Gasteiger partial charge in [0, 0.05) is 70.2 Å². The standard InChI is InChI=1S/C59H61N3O7S2/c1-33(63)67-30-46-43-16-17-44-53-38(25-40(64)27-50(53)66-2)29-59-23-22-37(28-59)41(15-14-34-8-4-3-5-9-34)42-19-21-52(60)62-47(42)13-7-11-36-26-49(65)56-45(54(36)57(46)69-58(43)55(44)59)18-20-48-51(68-56)32-71-70-31-35-10-6-12-39(24-35)61-48/h3-5,8-9,16-21,25-27,35,37,39,41,46,48,51,57,61,64-65H,6,10-12,14-15,22-24,28-32H2,1-2H3,(H2,60,62). The Morgan fingerprint density at radius 3 is 2.69 bits per heavy atom. The molecule has 10 nitrogen and oxygen atoms in total. The second-order valence-corrected chi connectivity index (χ2v) is 23.5. The van der Waals surface area contributed by atoms with Gasteiger partial charge in [-0.3, -0.25) is 4.79 Å². The highest BCUT2D eigenvalue weighted by Crippen LogP contribution is 2.64. The third-order valence-electron chi connectivity index (χ3n) is 16.7. The third-order valence-corrected chi connectivity index (χ3v) is 19.3. The van der Waals surface area contributed by atoms with Crippen LogP contribution in [0.15, 0.2) is 78.9 Å². The molecule has 12 heteroatoms. The summed E-state index contributed by atoms with van der Waals surface area (Å²) >= 11 is 0. The zero-order valence-corrected chi connectivity index (χ0v) is 42.0. The number of carbonyl (C=O) groups excluding carboxylic acids is 1. The maximum Gasteiger partial charge on any atom is 0.302 e. The Bertz CT molecular complexity index is 3000. The molecule has 1 aromatic heterocycles. The number of esters is 1. The lowest BCUT2D eigenvalue weighted by Crippen LogP contribution is -2.49. The van der Waals surface area contributed by atoms with E-state index in [1.165, 1.54) is 25.3 Å². The molecular weight excluding hydrogens is 927 g/mol. The van der Waals surface area contributed by atoms with Crippen molar-refractivity contribution in [2.45, 2.75) is 119 Å². The van der Waals surface area contributed by atoms with E-state index >= 15 is 0 Å². The van der Waals surface area contributed by atoms with Crippen molar-refractivity contribution < 1.29 is 34.0 Å². The molecular formula is C59H61N3O7S2. The first-order valence-electron chi connectivity index (χ1n) is 25.5. The molecule has 3 aliphatic carbocycles. The summed E-state index contributed by atoms with van der Waals surface area (Å²) in [4.78, 5) is 17.8. The van der Waals surface area contributed by atoms with E-state index in [4.69, 9.17) is 29.7 Å². The van der Waals surface area contributed by atoms with Crippen molar-refractivity contribution in [2.75, 3.05) is 31.0 Å². The molecule has 71 heavy (non-hydrogen) atoms. The lowest BCUT2D eigenvalue weighted by atomic mass is 9.64. The largest absolute Gasteiger partial charge is 0.508 e. The van der Waals surface area contributed by atoms with Gasteiger partial charge in [-0.25, -0.2) is 4.98 Å². The van der Waals surface area contributed by atoms with Crippen LogP contribution in [0.3, 0.4) is 0 Å². The fraction of sp³-hybridized carbons (Fsp3) is 0.424. The van der Waals surface area contributed by atoms with Crippen LogP contribution < -0.4 is 25.3 Å². The van der Waals surface area contributed by atoms with E-state index in [-0.39, 0.29) is 54.5 Å². The van der Waals surface area contributed by atoms with E-state index in [1.807, 2.05) is 39.8 Å². The van der Waals surface area contributed by atoms with Crippen molar-refractivity contribution in [2.24, 2.45) is 11.8 Å². The summed E-state index contributed by atoms with van der Waals surface area (Å²) in [6.45, 7) is 1.54. The van der Waals surface area contributed by atoms with Crippen molar-refractivity contribution in [3.63, 3.8) is 0 Å². The van der Waals surface area contributed by atoms with Crippen LogP contribution in [-0.4, -0.2) is 64.6 Å². The highest BCUT2D eigenvalue weighted by Gasteiger charge is 2.52. The summed E-state index contributed by atoms with van der Waals surface area (Å²) in [6, 6.07) is 24.8. The lowest BCUT2D eigenvalue weighted by Gasteiger charge is -2.39. The van der Waals surface area contributed by atoms with Crippen molar-refractivity contribution >= 4 is 39.5 Å². The lowest BCUT2D eigenvalue weighted by molar-refractivity contribution is -0.141. The number of nitrogens with two attached hydrogens (primary N) is 1. The normalized spacial score (nSPS) is 27.7. The van der Waals surface area contributed by atoms with Crippen LogP contribution >= 0.6 is 21.6 Å². The van der Waals surface area contributed by atoms with Gasteiger partial charge in [0.05, 0.1) is 19.1 Å². The van der Waals surface area contributed by atoms with E-state index in [0.29, 0.717) is 41.4 Å². The summed E-state index contributed by atoms with van der Waals surface area (Å²) in [7, 11) is 5.45. The molecule has 0 radical (unpaired) electrons. The van der Waals surface area contributed by atoms with E-state index in [0.717, 1.165) is 112 Å². The summed E-state index contributed by atoms with van der Waals surface area (Å²) < 4.78 is 26.9. The van der Waals surface area contributed by atoms with Crippen LogP contribution in [0.2, 0.25) is 0 Å². The Hall–Kier alpha value is -5.74. The highest BCUT2D eigenvalue weighted by atomic mass is 33.1. The first-order valence-corrected chi connectivity index (χ1v) is 28.0.